The van der Waals surface area contributed by atoms with Crippen molar-refractivity contribution in [3.63, 3.8) is 0 Å². The summed E-state index contributed by atoms with van der Waals surface area (Å²) < 4.78 is 10.3. The van der Waals surface area contributed by atoms with Crippen molar-refractivity contribution in [1.29, 1.82) is 0 Å². The van der Waals surface area contributed by atoms with Crippen LogP contribution in [0.1, 0.15) is 23.2 Å². The summed E-state index contributed by atoms with van der Waals surface area (Å²) in [5, 5.41) is 6.35. The summed E-state index contributed by atoms with van der Waals surface area (Å²) in [6, 6.07) is 8.82. The number of methoxy groups -OCH3 is 1. The second-order valence-corrected chi connectivity index (χ2v) is 5.48. The fourth-order valence-electron chi connectivity index (χ4n) is 2.51. The number of ether oxygens (including phenoxy) is 2. The Hall–Kier alpha value is -2.67. The van der Waals surface area contributed by atoms with E-state index in [0.29, 0.717) is 23.9 Å². The number of carbonyl (C=O) groups excluding carboxylic acids is 1. The van der Waals surface area contributed by atoms with Crippen LogP contribution >= 0.6 is 0 Å². The van der Waals surface area contributed by atoms with E-state index >= 15 is 0 Å². The maximum absolute atomic E-state index is 11.6. The molecule has 2 aromatic rings. The van der Waals surface area contributed by atoms with Gasteiger partial charge in [-0.25, -0.2) is 9.78 Å². The molecule has 0 bridgehead atoms. The first kappa shape index (κ1) is 16.2. The van der Waals surface area contributed by atoms with Crippen LogP contribution in [-0.4, -0.2) is 42.3 Å². The molecule has 7 heteroatoms. The summed E-state index contributed by atoms with van der Waals surface area (Å²) >= 11 is 0. The molecule has 2 heterocycles. The molecular formula is C17H20N4O3. The smallest absolute Gasteiger partial charge is 0.337 e. The van der Waals surface area contributed by atoms with Gasteiger partial charge in [0.05, 0.1) is 18.8 Å². The van der Waals surface area contributed by atoms with Gasteiger partial charge in [-0.15, -0.1) is 0 Å². The van der Waals surface area contributed by atoms with Gasteiger partial charge >= 0.3 is 5.97 Å². The van der Waals surface area contributed by atoms with Crippen LogP contribution in [0.2, 0.25) is 0 Å². The van der Waals surface area contributed by atoms with Crippen molar-refractivity contribution in [2.45, 2.75) is 18.9 Å². The summed E-state index contributed by atoms with van der Waals surface area (Å²) in [6.07, 6.45) is 4.07. The van der Waals surface area contributed by atoms with Gasteiger partial charge in [0.25, 0.3) is 0 Å². The Morgan fingerprint density at radius 1 is 1.42 bits per heavy atom. The minimum absolute atomic E-state index is 0.224. The van der Waals surface area contributed by atoms with Gasteiger partial charge in [0, 0.05) is 25.0 Å². The molecule has 7 nitrogen and oxygen atoms in total. The number of nitrogens with one attached hydrogen (secondary N) is 2. The van der Waals surface area contributed by atoms with E-state index in [1.807, 2.05) is 6.07 Å². The van der Waals surface area contributed by atoms with Crippen LogP contribution in [-0.2, 0) is 9.47 Å². The fourth-order valence-corrected chi connectivity index (χ4v) is 2.51. The molecule has 2 N–H and O–H groups in total. The molecule has 0 saturated carbocycles. The van der Waals surface area contributed by atoms with E-state index in [0.717, 1.165) is 25.1 Å². The monoisotopic (exact) mass is 328 g/mol. The van der Waals surface area contributed by atoms with Crippen LogP contribution in [0.4, 0.5) is 17.5 Å². The number of hydrogen-bond acceptors (Lipinski definition) is 7. The number of rotatable bonds is 6. The second-order valence-electron chi connectivity index (χ2n) is 5.48. The number of anilines is 3. The lowest BCUT2D eigenvalue weighted by atomic mass is 10.2. The molecule has 1 aromatic heterocycles. The lowest BCUT2D eigenvalue weighted by Crippen LogP contribution is -2.19. The number of benzene rings is 1. The first-order chi connectivity index (χ1) is 11.7. The third-order valence-corrected chi connectivity index (χ3v) is 3.72. The van der Waals surface area contributed by atoms with Gasteiger partial charge in [-0.2, -0.15) is 4.98 Å². The van der Waals surface area contributed by atoms with Gasteiger partial charge in [-0.05, 0) is 37.1 Å². The highest BCUT2D eigenvalue weighted by Gasteiger charge is 2.15. The van der Waals surface area contributed by atoms with E-state index in [1.54, 1.807) is 30.5 Å². The highest BCUT2D eigenvalue weighted by molar-refractivity contribution is 5.90. The van der Waals surface area contributed by atoms with Gasteiger partial charge in [-0.1, -0.05) is 6.07 Å². The zero-order chi connectivity index (χ0) is 16.8. The molecule has 1 aromatic carbocycles. The largest absolute Gasteiger partial charge is 0.465 e. The fraction of sp³-hybridized carbons (Fsp3) is 0.353. The maximum Gasteiger partial charge on any atom is 0.337 e. The topological polar surface area (TPSA) is 85.4 Å². The van der Waals surface area contributed by atoms with Crippen molar-refractivity contribution in [3.8, 4) is 0 Å². The maximum atomic E-state index is 11.6. The molecule has 1 aliphatic heterocycles. The van der Waals surface area contributed by atoms with E-state index in [2.05, 4.69) is 20.6 Å². The average Bonchev–Trinajstić information content (AvgIpc) is 3.13. The SMILES string of the molecule is COC(=O)c1cccc(Nc2ccnc(NCC3CCCO3)n2)c1. The highest BCUT2D eigenvalue weighted by Crippen LogP contribution is 2.18. The van der Waals surface area contributed by atoms with Gasteiger partial charge in [0.2, 0.25) is 5.95 Å². The van der Waals surface area contributed by atoms with Crippen molar-refractivity contribution >= 4 is 23.4 Å². The van der Waals surface area contributed by atoms with Gasteiger partial charge < -0.3 is 20.1 Å². The van der Waals surface area contributed by atoms with Crippen molar-refractivity contribution in [2.75, 3.05) is 30.9 Å². The third-order valence-electron chi connectivity index (χ3n) is 3.72. The number of hydrogen-bond donors (Lipinski definition) is 2. The minimum Gasteiger partial charge on any atom is -0.465 e. The van der Waals surface area contributed by atoms with Crippen molar-refractivity contribution in [1.82, 2.24) is 9.97 Å². The first-order valence-electron chi connectivity index (χ1n) is 7.88. The zero-order valence-corrected chi connectivity index (χ0v) is 13.5. The molecule has 0 radical (unpaired) electrons. The molecular weight excluding hydrogens is 308 g/mol. The molecule has 0 amide bonds. The molecule has 1 atom stereocenters. The molecule has 126 valence electrons. The van der Waals surface area contributed by atoms with E-state index < -0.39 is 0 Å². The Balaban J connectivity index is 1.64. The second kappa shape index (κ2) is 7.74. The highest BCUT2D eigenvalue weighted by atomic mass is 16.5. The summed E-state index contributed by atoms with van der Waals surface area (Å²) in [4.78, 5) is 20.2. The van der Waals surface area contributed by atoms with Crippen LogP contribution in [0.25, 0.3) is 0 Å². The summed E-state index contributed by atoms with van der Waals surface area (Å²) in [5.74, 6) is 0.807. The molecule has 3 rings (SSSR count). The van der Waals surface area contributed by atoms with Crippen LogP contribution < -0.4 is 10.6 Å². The lowest BCUT2D eigenvalue weighted by molar-refractivity contribution is 0.0601. The summed E-state index contributed by atoms with van der Waals surface area (Å²) in [7, 11) is 1.36. The Bertz CT molecular complexity index is 702. The predicted molar refractivity (Wildman–Crippen MR) is 90.6 cm³/mol. The van der Waals surface area contributed by atoms with Crippen LogP contribution in [0.15, 0.2) is 36.5 Å². The number of carbonyl (C=O) groups is 1. The third kappa shape index (κ3) is 4.20. The zero-order valence-electron chi connectivity index (χ0n) is 13.5. The van der Waals surface area contributed by atoms with Crippen LogP contribution in [0.3, 0.4) is 0 Å². The van der Waals surface area contributed by atoms with E-state index in [1.165, 1.54) is 7.11 Å². The molecule has 1 unspecified atom stereocenters. The van der Waals surface area contributed by atoms with Crippen LogP contribution in [0.5, 0.6) is 0 Å². The average molecular weight is 328 g/mol. The van der Waals surface area contributed by atoms with Gasteiger partial charge in [0.1, 0.15) is 5.82 Å². The van der Waals surface area contributed by atoms with E-state index in [9.17, 15) is 4.79 Å². The standard InChI is InChI=1S/C17H20N4O3/c1-23-16(22)12-4-2-5-13(10-12)20-15-7-8-18-17(21-15)19-11-14-6-3-9-24-14/h2,4-5,7-8,10,14H,3,6,9,11H2,1H3,(H2,18,19,20,21). The normalized spacial score (nSPS) is 16.6. The molecule has 1 aliphatic rings. The lowest BCUT2D eigenvalue weighted by Gasteiger charge is -2.12. The van der Waals surface area contributed by atoms with Crippen molar-refractivity contribution in [2.24, 2.45) is 0 Å². The number of aromatic nitrogens is 2. The predicted octanol–water partition coefficient (Wildman–Crippen LogP) is 2.60. The molecule has 24 heavy (non-hydrogen) atoms. The first-order valence-corrected chi connectivity index (χ1v) is 7.88. The molecule has 1 fully saturated rings. The number of esters is 1. The summed E-state index contributed by atoms with van der Waals surface area (Å²) in [5.41, 5.74) is 1.23. The minimum atomic E-state index is -0.375. The van der Waals surface area contributed by atoms with Gasteiger partial charge in [-0.3, -0.25) is 0 Å². The molecule has 0 spiro atoms. The molecule has 0 aliphatic carbocycles. The van der Waals surface area contributed by atoms with Gasteiger partial charge in [0.15, 0.2) is 0 Å². The number of nitrogens with zero attached hydrogens (tertiary/aromatic N) is 2. The Morgan fingerprint density at radius 3 is 3.12 bits per heavy atom. The van der Waals surface area contributed by atoms with E-state index in [-0.39, 0.29) is 12.1 Å². The van der Waals surface area contributed by atoms with Crippen molar-refractivity contribution < 1.29 is 14.3 Å². The Kier molecular flexibility index (Phi) is 5.22. The Labute approximate surface area is 140 Å². The van der Waals surface area contributed by atoms with Crippen molar-refractivity contribution in [3.05, 3.63) is 42.1 Å². The summed E-state index contributed by atoms with van der Waals surface area (Å²) in [6.45, 7) is 1.52. The molecule has 1 saturated heterocycles. The van der Waals surface area contributed by atoms with Crippen LogP contribution in [0, 0.1) is 0 Å². The quantitative estimate of drug-likeness (QED) is 0.788. The Morgan fingerprint density at radius 2 is 2.33 bits per heavy atom. The van der Waals surface area contributed by atoms with E-state index in [4.69, 9.17) is 9.47 Å².